The average molecular weight is 312 g/mol. The number of benzene rings is 1. The molecule has 1 aromatic rings. The molecule has 1 fully saturated rings. The zero-order valence-electron chi connectivity index (χ0n) is 12.0. The van der Waals surface area contributed by atoms with Crippen LogP contribution in [0.4, 0.5) is 0 Å². The summed E-state index contributed by atoms with van der Waals surface area (Å²) in [4.78, 5) is 26.1. The third-order valence-corrected chi connectivity index (χ3v) is 3.54. The number of likely N-dealkylation sites (tertiary alicyclic amines) is 1. The fourth-order valence-corrected chi connectivity index (χ4v) is 2.48. The molecule has 1 unspecified atom stereocenters. The van der Waals surface area contributed by atoms with E-state index in [2.05, 4.69) is 5.32 Å². The Bertz CT molecular complexity index is 467. The van der Waals surface area contributed by atoms with Crippen molar-refractivity contribution in [1.82, 2.24) is 10.2 Å². The first kappa shape index (κ1) is 17.5. The lowest BCUT2D eigenvalue weighted by Gasteiger charge is -2.32. The highest BCUT2D eigenvalue weighted by Gasteiger charge is 2.28. The van der Waals surface area contributed by atoms with E-state index >= 15 is 0 Å². The number of amides is 2. The summed E-state index contributed by atoms with van der Waals surface area (Å²) in [6, 6.07) is 9.20. The molecule has 116 valence electrons. The van der Waals surface area contributed by atoms with Crippen LogP contribution < -0.4 is 11.1 Å². The molecule has 1 heterocycles. The van der Waals surface area contributed by atoms with Gasteiger partial charge in [-0.05, 0) is 25.0 Å². The molecule has 1 saturated heterocycles. The van der Waals surface area contributed by atoms with E-state index in [9.17, 15) is 9.59 Å². The molecule has 0 aliphatic carbocycles. The van der Waals surface area contributed by atoms with E-state index in [-0.39, 0.29) is 30.1 Å². The van der Waals surface area contributed by atoms with E-state index in [0.717, 1.165) is 12.8 Å². The minimum Gasteiger partial charge on any atom is -0.355 e. The maximum Gasteiger partial charge on any atom is 0.253 e. The molecule has 0 spiro atoms. The fourth-order valence-electron chi connectivity index (χ4n) is 2.48. The molecular formula is C15H22ClN3O2. The fraction of sp³-hybridized carbons (Fsp3) is 0.467. The van der Waals surface area contributed by atoms with Crippen molar-refractivity contribution in [3.05, 3.63) is 35.9 Å². The van der Waals surface area contributed by atoms with Crippen LogP contribution in [0.15, 0.2) is 30.3 Å². The number of piperidine rings is 1. The van der Waals surface area contributed by atoms with Crippen LogP contribution in [-0.2, 0) is 4.79 Å². The first-order chi connectivity index (χ1) is 9.72. The summed E-state index contributed by atoms with van der Waals surface area (Å²) in [5.41, 5.74) is 6.06. The van der Waals surface area contributed by atoms with Crippen LogP contribution in [-0.4, -0.2) is 42.9 Å². The molecule has 0 radical (unpaired) electrons. The summed E-state index contributed by atoms with van der Waals surface area (Å²) in [5.74, 6) is -0.120. The summed E-state index contributed by atoms with van der Waals surface area (Å²) >= 11 is 0. The standard InChI is InChI=1S/C15H21N3O2.ClH/c16-8-9-17-14(19)13-7-4-10-18(11-13)15(20)12-5-2-1-3-6-12;/h1-3,5-6,13H,4,7-11,16H2,(H,17,19);1H. The highest BCUT2D eigenvalue weighted by atomic mass is 35.5. The van der Waals surface area contributed by atoms with Crippen molar-refractivity contribution >= 4 is 24.2 Å². The van der Waals surface area contributed by atoms with Gasteiger partial charge in [0.2, 0.25) is 5.91 Å². The lowest BCUT2D eigenvalue weighted by atomic mass is 9.96. The number of rotatable bonds is 4. The summed E-state index contributed by atoms with van der Waals surface area (Å²) in [6.07, 6.45) is 1.69. The van der Waals surface area contributed by atoms with Crippen LogP contribution in [0.3, 0.4) is 0 Å². The summed E-state index contributed by atoms with van der Waals surface area (Å²) in [7, 11) is 0. The number of hydrogen-bond acceptors (Lipinski definition) is 3. The quantitative estimate of drug-likeness (QED) is 0.872. The number of nitrogens with one attached hydrogen (secondary N) is 1. The van der Waals surface area contributed by atoms with Crippen molar-refractivity contribution in [2.45, 2.75) is 12.8 Å². The van der Waals surface area contributed by atoms with E-state index in [1.54, 1.807) is 17.0 Å². The van der Waals surface area contributed by atoms with Crippen molar-refractivity contribution in [2.24, 2.45) is 11.7 Å². The minimum atomic E-state index is -0.122. The molecule has 1 aromatic carbocycles. The molecule has 3 N–H and O–H groups in total. The van der Waals surface area contributed by atoms with Gasteiger partial charge in [0.15, 0.2) is 0 Å². The summed E-state index contributed by atoms with van der Waals surface area (Å²) in [6.45, 7) is 2.13. The molecule has 6 heteroatoms. The van der Waals surface area contributed by atoms with E-state index in [0.29, 0.717) is 31.7 Å². The molecule has 1 aliphatic heterocycles. The second-order valence-electron chi connectivity index (χ2n) is 5.04. The Morgan fingerprint density at radius 1 is 1.29 bits per heavy atom. The monoisotopic (exact) mass is 311 g/mol. The zero-order valence-corrected chi connectivity index (χ0v) is 12.8. The number of hydrogen-bond donors (Lipinski definition) is 2. The largest absolute Gasteiger partial charge is 0.355 e. The lowest BCUT2D eigenvalue weighted by molar-refractivity contribution is -0.126. The van der Waals surface area contributed by atoms with Crippen molar-refractivity contribution in [3.63, 3.8) is 0 Å². The van der Waals surface area contributed by atoms with Gasteiger partial charge in [0.25, 0.3) is 5.91 Å². The molecule has 1 atom stereocenters. The average Bonchev–Trinajstić information content (AvgIpc) is 2.52. The van der Waals surface area contributed by atoms with Gasteiger partial charge in [-0.25, -0.2) is 0 Å². The van der Waals surface area contributed by atoms with Gasteiger partial charge < -0.3 is 16.0 Å². The van der Waals surface area contributed by atoms with Crippen LogP contribution in [0.2, 0.25) is 0 Å². The van der Waals surface area contributed by atoms with Gasteiger partial charge in [0.1, 0.15) is 0 Å². The van der Waals surface area contributed by atoms with Crippen LogP contribution in [0, 0.1) is 5.92 Å². The molecule has 0 saturated carbocycles. The molecule has 5 nitrogen and oxygen atoms in total. The Labute approximate surface area is 131 Å². The SMILES string of the molecule is Cl.NCCNC(=O)C1CCCN(C(=O)c2ccccc2)C1. The third kappa shape index (κ3) is 4.72. The van der Waals surface area contributed by atoms with E-state index in [1.165, 1.54) is 0 Å². The van der Waals surface area contributed by atoms with E-state index in [4.69, 9.17) is 5.73 Å². The summed E-state index contributed by atoms with van der Waals surface area (Å²) in [5, 5.41) is 2.80. The Morgan fingerprint density at radius 3 is 2.67 bits per heavy atom. The minimum absolute atomic E-state index is 0. The van der Waals surface area contributed by atoms with Crippen molar-refractivity contribution in [2.75, 3.05) is 26.2 Å². The van der Waals surface area contributed by atoms with Gasteiger partial charge >= 0.3 is 0 Å². The van der Waals surface area contributed by atoms with E-state index in [1.807, 2.05) is 18.2 Å². The van der Waals surface area contributed by atoms with Crippen molar-refractivity contribution in [3.8, 4) is 0 Å². The van der Waals surface area contributed by atoms with Gasteiger partial charge in [-0.15, -0.1) is 12.4 Å². The number of nitrogens with two attached hydrogens (primary N) is 1. The van der Waals surface area contributed by atoms with Crippen molar-refractivity contribution < 1.29 is 9.59 Å². The molecule has 21 heavy (non-hydrogen) atoms. The predicted molar refractivity (Wildman–Crippen MR) is 84.4 cm³/mol. The zero-order chi connectivity index (χ0) is 14.4. The molecular weight excluding hydrogens is 290 g/mol. The molecule has 2 rings (SSSR count). The Kier molecular flexibility index (Phi) is 7.19. The summed E-state index contributed by atoms with van der Waals surface area (Å²) < 4.78 is 0. The Balaban J connectivity index is 0.00000220. The van der Waals surface area contributed by atoms with Gasteiger partial charge in [0.05, 0.1) is 5.92 Å². The normalized spacial score (nSPS) is 17.8. The first-order valence-electron chi connectivity index (χ1n) is 7.04. The van der Waals surface area contributed by atoms with Crippen LogP contribution in [0.5, 0.6) is 0 Å². The Hall–Kier alpha value is -1.59. The number of nitrogens with zero attached hydrogens (tertiary/aromatic N) is 1. The second kappa shape index (κ2) is 8.64. The molecule has 0 aromatic heterocycles. The van der Waals surface area contributed by atoms with Gasteiger partial charge in [-0.2, -0.15) is 0 Å². The molecule has 2 amide bonds. The van der Waals surface area contributed by atoms with Crippen LogP contribution in [0.25, 0.3) is 0 Å². The first-order valence-corrected chi connectivity index (χ1v) is 7.04. The maximum absolute atomic E-state index is 12.4. The predicted octanol–water partition coefficient (Wildman–Crippen LogP) is 1.04. The number of carbonyl (C=O) groups excluding carboxylic acids is 2. The Morgan fingerprint density at radius 2 is 2.00 bits per heavy atom. The van der Waals surface area contributed by atoms with Gasteiger partial charge in [-0.1, -0.05) is 18.2 Å². The second-order valence-corrected chi connectivity index (χ2v) is 5.04. The van der Waals surface area contributed by atoms with Crippen LogP contribution in [0.1, 0.15) is 23.2 Å². The molecule has 0 bridgehead atoms. The lowest BCUT2D eigenvalue weighted by Crippen LogP contribution is -2.46. The van der Waals surface area contributed by atoms with E-state index < -0.39 is 0 Å². The highest BCUT2D eigenvalue weighted by molar-refractivity contribution is 5.94. The van der Waals surface area contributed by atoms with Gasteiger partial charge in [0, 0.05) is 31.7 Å². The van der Waals surface area contributed by atoms with Gasteiger partial charge in [-0.3, -0.25) is 9.59 Å². The topological polar surface area (TPSA) is 75.4 Å². The smallest absolute Gasteiger partial charge is 0.253 e. The maximum atomic E-state index is 12.4. The highest BCUT2D eigenvalue weighted by Crippen LogP contribution is 2.18. The van der Waals surface area contributed by atoms with Crippen LogP contribution >= 0.6 is 12.4 Å². The molecule has 1 aliphatic rings. The number of carbonyl (C=O) groups is 2. The van der Waals surface area contributed by atoms with Crippen molar-refractivity contribution in [1.29, 1.82) is 0 Å². The number of halogens is 1. The third-order valence-electron chi connectivity index (χ3n) is 3.54.